The van der Waals surface area contributed by atoms with E-state index in [1.807, 2.05) is 36.4 Å². The maximum Gasteiger partial charge on any atom is 0.226 e. The van der Waals surface area contributed by atoms with Gasteiger partial charge < -0.3 is 15.2 Å². The summed E-state index contributed by atoms with van der Waals surface area (Å²) in [7, 11) is 0. The fraction of sp³-hybridized carbons (Fsp3) is 0.211. The van der Waals surface area contributed by atoms with Gasteiger partial charge in [-0.15, -0.1) is 0 Å². The minimum Gasteiger partial charge on any atom is -0.491 e. The summed E-state index contributed by atoms with van der Waals surface area (Å²) in [4.78, 5) is 16.4. The number of carbonyl (C=O) groups excluding carboxylic acids is 1. The van der Waals surface area contributed by atoms with E-state index in [9.17, 15) is 4.79 Å². The van der Waals surface area contributed by atoms with Gasteiger partial charge in [0.2, 0.25) is 5.91 Å². The number of aromatic nitrogens is 3. The normalized spacial score (nSPS) is 16.0. The van der Waals surface area contributed by atoms with Crippen molar-refractivity contribution in [2.24, 2.45) is 0 Å². The monoisotopic (exact) mass is 350 g/mol. The first kappa shape index (κ1) is 16.3. The van der Waals surface area contributed by atoms with Crippen LogP contribution in [-0.2, 0) is 4.79 Å². The maximum absolute atomic E-state index is 12.2. The number of pyridine rings is 1. The molecule has 1 aromatic carbocycles. The Morgan fingerprint density at radius 1 is 1.23 bits per heavy atom. The molecule has 1 amide bonds. The van der Waals surface area contributed by atoms with Crippen LogP contribution >= 0.6 is 0 Å². The maximum atomic E-state index is 12.2. The Kier molecular flexibility index (Phi) is 4.37. The number of amides is 1. The number of aliphatic hydroxyl groups is 1. The number of aromatic amines is 1. The molecule has 1 unspecified atom stereocenters. The van der Waals surface area contributed by atoms with E-state index in [2.05, 4.69) is 20.5 Å². The van der Waals surface area contributed by atoms with E-state index in [-0.39, 0.29) is 25.0 Å². The van der Waals surface area contributed by atoms with Gasteiger partial charge in [-0.1, -0.05) is 18.2 Å². The van der Waals surface area contributed by atoms with Gasteiger partial charge in [0, 0.05) is 41.4 Å². The minimum absolute atomic E-state index is 0.0720. The van der Waals surface area contributed by atoms with Crippen molar-refractivity contribution in [3.8, 4) is 17.0 Å². The highest BCUT2D eigenvalue weighted by Crippen LogP contribution is 2.44. The number of hydrogen-bond acceptors (Lipinski definition) is 5. The molecular formula is C19H18N4O3. The van der Waals surface area contributed by atoms with Gasteiger partial charge >= 0.3 is 0 Å². The van der Waals surface area contributed by atoms with E-state index in [4.69, 9.17) is 9.84 Å². The van der Waals surface area contributed by atoms with Gasteiger partial charge in [-0.2, -0.15) is 5.10 Å². The second-order valence-corrected chi connectivity index (χ2v) is 6.02. The van der Waals surface area contributed by atoms with Gasteiger partial charge in [0.05, 0.1) is 12.3 Å². The van der Waals surface area contributed by atoms with E-state index in [1.54, 1.807) is 12.4 Å². The molecule has 132 valence electrons. The topological polar surface area (TPSA) is 100 Å². The predicted octanol–water partition coefficient (Wildman–Crippen LogP) is 2.32. The number of aliphatic hydroxyl groups excluding tert-OH is 1. The Bertz CT molecular complexity index is 924. The molecule has 3 aromatic rings. The zero-order valence-electron chi connectivity index (χ0n) is 14.0. The molecule has 7 heteroatoms. The average molecular weight is 350 g/mol. The number of rotatable bonds is 5. The number of anilines is 1. The molecule has 2 aromatic heterocycles. The van der Waals surface area contributed by atoms with E-state index < -0.39 is 0 Å². The third kappa shape index (κ3) is 2.93. The van der Waals surface area contributed by atoms with Crippen LogP contribution in [0.25, 0.3) is 11.3 Å². The van der Waals surface area contributed by atoms with Gasteiger partial charge in [0.15, 0.2) is 5.82 Å². The Balaban J connectivity index is 1.83. The predicted molar refractivity (Wildman–Crippen MR) is 95.9 cm³/mol. The largest absolute Gasteiger partial charge is 0.491 e. The molecule has 0 fully saturated rings. The van der Waals surface area contributed by atoms with Crippen molar-refractivity contribution >= 4 is 11.7 Å². The Morgan fingerprint density at radius 3 is 2.92 bits per heavy atom. The van der Waals surface area contributed by atoms with Crippen LogP contribution < -0.4 is 10.1 Å². The summed E-state index contributed by atoms with van der Waals surface area (Å²) in [5.74, 6) is 0.888. The summed E-state index contributed by atoms with van der Waals surface area (Å²) >= 11 is 0. The van der Waals surface area contributed by atoms with Crippen molar-refractivity contribution in [3.05, 3.63) is 59.9 Å². The Morgan fingerprint density at radius 2 is 2.12 bits per heavy atom. The molecule has 0 bridgehead atoms. The molecule has 0 aliphatic carbocycles. The highest BCUT2D eigenvalue weighted by atomic mass is 16.5. The number of nitrogens with zero attached hydrogens (tertiary/aromatic N) is 2. The molecule has 1 aliphatic heterocycles. The van der Waals surface area contributed by atoms with Gasteiger partial charge in [0.25, 0.3) is 0 Å². The Labute approximate surface area is 150 Å². The minimum atomic E-state index is -0.206. The number of nitrogens with one attached hydrogen (secondary N) is 2. The summed E-state index contributed by atoms with van der Waals surface area (Å²) in [6.07, 6.45) is 3.76. The number of para-hydroxylation sites is 1. The van der Waals surface area contributed by atoms with E-state index >= 15 is 0 Å². The highest BCUT2D eigenvalue weighted by molar-refractivity contribution is 5.96. The lowest BCUT2D eigenvalue weighted by molar-refractivity contribution is -0.116. The first-order chi connectivity index (χ1) is 12.8. The number of benzene rings is 1. The molecule has 1 atom stereocenters. The SMILES string of the molecule is O=C1CC(c2ccccc2OCCO)c2c(n[nH]c2-c2cccnc2)N1. The van der Waals surface area contributed by atoms with Crippen molar-refractivity contribution < 1.29 is 14.6 Å². The summed E-state index contributed by atoms with van der Waals surface area (Å²) in [6, 6.07) is 11.4. The van der Waals surface area contributed by atoms with Crippen molar-refractivity contribution in [3.63, 3.8) is 0 Å². The fourth-order valence-corrected chi connectivity index (χ4v) is 3.31. The summed E-state index contributed by atoms with van der Waals surface area (Å²) < 4.78 is 5.69. The quantitative estimate of drug-likeness (QED) is 0.656. The van der Waals surface area contributed by atoms with Crippen molar-refractivity contribution in [1.82, 2.24) is 15.2 Å². The van der Waals surface area contributed by atoms with Crippen molar-refractivity contribution in [1.29, 1.82) is 0 Å². The molecule has 26 heavy (non-hydrogen) atoms. The van der Waals surface area contributed by atoms with Gasteiger partial charge in [0.1, 0.15) is 12.4 Å². The first-order valence-electron chi connectivity index (χ1n) is 8.39. The zero-order chi connectivity index (χ0) is 17.9. The Hall–Kier alpha value is -3.19. The number of H-pyrrole nitrogens is 1. The van der Waals surface area contributed by atoms with Crippen LogP contribution in [0.15, 0.2) is 48.8 Å². The second kappa shape index (κ2) is 6.97. The van der Waals surface area contributed by atoms with Crippen LogP contribution in [0.3, 0.4) is 0 Å². The van der Waals surface area contributed by atoms with Crippen LogP contribution in [-0.4, -0.2) is 39.4 Å². The summed E-state index contributed by atoms with van der Waals surface area (Å²) in [5, 5.41) is 19.2. The van der Waals surface area contributed by atoms with Crippen LogP contribution in [0.5, 0.6) is 5.75 Å². The second-order valence-electron chi connectivity index (χ2n) is 6.02. The average Bonchev–Trinajstić information content (AvgIpc) is 3.10. The third-order valence-corrected chi connectivity index (χ3v) is 4.39. The standard InChI is InChI=1S/C19H18N4O3/c24-8-9-26-15-6-2-1-5-13(15)14-10-16(25)21-19-17(14)18(22-23-19)12-4-3-7-20-11-12/h1-7,11,14,24H,8-10H2,(H2,21,22,23,25). The molecule has 3 N–H and O–H groups in total. The lowest BCUT2D eigenvalue weighted by atomic mass is 9.84. The van der Waals surface area contributed by atoms with Gasteiger partial charge in [-0.3, -0.25) is 14.9 Å². The highest BCUT2D eigenvalue weighted by Gasteiger charge is 2.33. The summed E-state index contributed by atoms with van der Waals surface area (Å²) in [6.45, 7) is 0.126. The molecule has 4 rings (SSSR count). The molecule has 0 radical (unpaired) electrons. The smallest absolute Gasteiger partial charge is 0.226 e. The van der Waals surface area contributed by atoms with Crippen molar-refractivity contribution in [2.75, 3.05) is 18.5 Å². The summed E-state index contributed by atoms with van der Waals surface area (Å²) in [5.41, 5.74) is 3.53. The number of carbonyl (C=O) groups is 1. The molecule has 0 saturated heterocycles. The van der Waals surface area contributed by atoms with E-state index in [0.717, 1.165) is 22.4 Å². The van der Waals surface area contributed by atoms with Gasteiger partial charge in [-0.05, 0) is 18.2 Å². The fourth-order valence-electron chi connectivity index (χ4n) is 3.31. The molecule has 0 saturated carbocycles. The lowest BCUT2D eigenvalue weighted by Crippen LogP contribution is -2.23. The number of fused-ring (bicyclic) bond motifs is 1. The van der Waals surface area contributed by atoms with Crippen LogP contribution in [0.2, 0.25) is 0 Å². The first-order valence-corrected chi connectivity index (χ1v) is 8.39. The molecular weight excluding hydrogens is 332 g/mol. The number of hydrogen-bond donors (Lipinski definition) is 3. The van der Waals surface area contributed by atoms with Crippen LogP contribution in [0.1, 0.15) is 23.5 Å². The lowest BCUT2D eigenvalue weighted by Gasteiger charge is -2.25. The third-order valence-electron chi connectivity index (χ3n) is 4.39. The zero-order valence-corrected chi connectivity index (χ0v) is 14.0. The molecule has 3 heterocycles. The van der Waals surface area contributed by atoms with Crippen LogP contribution in [0, 0.1) is 0 Å². The number of ether oxygens (including phenoxy) is 1. The van der Waals surface area contributed by atoms with E-state index in [1.165, 1.54) is 0 Å². The molecule has 0 spiro atoms. The van der Waals surface area contributed by atoms with Gasteiger partial charge in [-0.25, -0.2) is 0 Å². The van der Waals surface area contributed by atoms with Crippen molar-refractivity contribution in [2.45, 2.75) is 12.3 Å². The van der Waals surface area contributed by atoms with Crippen LogP contribution in [0.4, 0.5) is 5.82 Å². The van der Waals surface area contributed by atoms with E-state index in [0.29, 0.717) is 18.0 Å². The molecule has 1 aliphatic rings. The molecule has 7 nitrogen and oxygen atoms in total.